The fraction of sp³-hybridized carbons (Fsp3) is 0.167. The Bertz CT molecular complexity index is 1200. The first kappa shape index (κ1) is 22.2. The highest BCUT2D eigenvalue weighted by Crippen LogP contribution is 2.34. The number of carboxylic acids is 1. The number of pyridine rings is 1. The van der Waals surface area contributed by atoms with Crippen molar-refractivity contribution in [2.75, 3.05) is 24.3 Å². The predicted octanol–water partition coefficient (Wildman–Crippen LogP) is 5.84. The molecule has 0 radical (unpaired) electrons. The molecule has 0 saturated carbocycles. The number of nitrogens with one attached hydrogen (secondary N) is 2. The molecule has 6 nitrogen and oxygen atoms in total. The van der Waals surface area contributed by atoms with E-state index in [1.54, 1.807) is 0 Å². The minimum Gasteiger partial charge on any atom is -0.494 e. The highest BCUT2D eigenvalue weighted by atomic mass is 35.5. The maximum atomic E-state index is 10.6. The molecular weight excluding hydrogens is 414 g/mol. The summed E-state index contributed by atoms with van der Waals surface area (Å²) in [5.74, 6) is -0.0918. The number of carboxylic acid groups (broad SMARTS) is 1. The molecule has 31 heavy (non-hydrogen) atoms. The summed E-state index contributed by atoms with van der Waals surface area (Å²) >= 11 is 0. The van der Waals surface area contributed by atoms with Crippen LogP contribution >= 0.6 is 12.4 Å². The molecule has 1 heterocycles. The summed E-state index contributed by atoms with van der Waals surface area (Å²) in [5.41, 5.74) is 4.80. The van der Waals surface area contributed by atoms with Crippen LogP contribution in [0.15, 0.2) is 66.7 Å². The fourth-order valence-electron chi connectivity index (χ4n) is 3.38. The van der Waals surface area contributed by atoms with Crippen LogP contribution in [0.25, 0.3) is 21.8 Å². The first-order valence-electron chi connectivity index (χ1n) is 9.86. The Kier molecular flexibility index (Phi) is 7.15. The second kappa shape index (κ2) is 10.00. The Labute approximate surface area is 186 Å². The molecule has 1 aromatic heterocycles. The van der Waals surface area contributed by atoms with Gasteiger partial charge in [0.05, 0.1) is 23.3 Å². The molecule has 4 rings (SSSR count). The Balaban J connectivity index is 0.00000272. The monoisotopic (exact) mass is 437 g/mol. The summed E-state index contributed by atoms with van der Waals surface area (Å²) in [6.45, 7) is 0.381. The molecule has 0 spiro atoms. The third-order valence-electron chi connectivity index (χ3n) is 4.90. The highest BCUT2D eigenvalue weighted by Gasteiger charge is 2.10. The zero-order valence-corrected chi connectivity index (χ0v) is 17.9. The molecule has 160 valence electrons. The topological polar surface area (TPSA) is 83.5 Å². The van der Waals surface area contributed by atoms with E-state index in [1.165, 1.54) is 0 Å². The molecule has 0 aliphatic heterocycles. The van der Waals surface area contributed by atoms with E-state index in [-0.39, 0.29) is 18.8 Å². The van der Waals surface area contributed by atoms with Crippen molar-refractivity contribution >= 4 is 57.2 Å². The lowest BCUT2D eigenvalue weighted by Crippen LogP contribution is -2.02. The normalized spacial score (nSPS) is 10.5. The van der Waals surface area contributed by atoms with Gasteiger partial charge in [-0.2, -0.15) is 0 Å². The Hall–Kier alpha value is -3.51. The summed E-state index contributed by atoms with van der Waals surface area (Å²) < 4.78 is 5.62. The van der Waals surface area contributed by atoms with Crippen molar-refractivity contribution < 1.29 is 14.6 Å². The van der Waals surface area contributed by atoms with E-state index in [2.05, 4.69) is 22.8 Å². The summed E-state index contributed by atoms with van der Waals surface area (Å²) in [7, 11) is 1.90. The van der Waals surface area contributed by atoms with Crippen molar-refractivity contribution in [1.82, 2.24) is 4.98 Å². The molecule has 0 bridgehead atoms. The van der Waals surface area contributed by atoms with E-state index >= 15 is 0 Å². The van der Waals surface area contributed by atoms with E-state index in [9.17, 15) is 4.79 Å². The minimum absolute atomic E-state index is 0. The molecule has 7 heteroatoms. The number of anilines is 3. The van der Waals surface area contributed by atoms with Gasteiger partial charge in [-0.3, -0.25) is 4.79 Å². The second-order valence-electron chi connectivity index (χ2n) is 6.98. The Morgan fingerprint density at radius 2 is 1.68 bits per heavy atom. The molecule has 3 aromatic carbocycles. The molecule has 3 N–H and O–H groups in total. The number of ether oxygens (including phenoxy) is 1. The van der Waals surface area contributed by atoms with Crippen LogP contribution in [0.3, 0.4) is 0 Å². The first-order valence-corrected chi connectivity index (χ1v) is 9.86. The number of halogens is 1. The van der Waals surface area contributed by atoms with Gasteiger partial charge in [-0.05, 0) is 55.0 Å². The molecule has 0 amide bonds. The van der Waals surface area contributed by atoms with Gasteiger partial charge in [-0.15, -0.1) is 12.4 Å². The summed E-state index contributed by atoms with van der Waals surface area (Å²) in [6.07, 6.45) is 0.593. The number of para-hydroxylation sites is 1. The van der Waals surface area contributed by atoms with Crippen LogP contribution in [0.2, 0.25) is 0 Å². The summed E-state index contributed by atoms with van der Waals surface area (Å²) in [5, 5.41) is 17.5. The second-order valence-corrected chi connectivity index (χ2v) is 6.98. The molecule has 0 saturated heterocycles. The van der Waals surface area contributed by atoms with Gasteiger partial charge < -0.3 is 20.5 Å². The zero-order valence-electron chi connectivity index (χ0n) is 17.1. The third-order valence-corrected chi connectivity index (χ3v) is 4.90. The van der Waals surface area contributed by atoms with E-state index < -0.39 is 5.97 Å². The molecule has 0 aliphatic rings. The van der Waals surface area contributed by atoms with Gasteiger partial charge in [-0.25, -0.2) is 4.98 Å². The van der Waals surface area contributed by atoms with Gasteiger partial charge in [0.15, 0.2) is 0 Å². The quantitative estimate of drug-likeness (QED) is 0.237. The van der Waals surface area contributed by atoms with Gasteiger partial charge >= 0.3 is 5.97 Å². The number of benzene rings is 3. The van der Waals surface area contributed by atoms with Gasteiger partial charge in [0, 0.05) is 35.6 Å². The Morgan fingerprint density at radius 3 is 2.42 bits per heavy atom. The number of hydrogen-bond acceptors (Lipinski definition) is 5. The largest absolute Gasteiger partial charge is 0.494 e. The van der Waals surface area contributed by atoms with Crippen LogP contribution < -0.4 is 15.4 Å². The number of rotatable bonds is 8. The van der Waals surface area contributed by atoms with E-state index in [0.29, 0.717) is 18.8 Å². The van der Waals surface area contributed by atoms with Crippen LogP contribution in [-0.2, 0) is 4.79 Å². The number of aliphatic carboxylic acids is 1. The minimum atomic E-state index is -0.809. The molecule has 0 fully saturated rings. The molecule has 0 atom stereocenters. The molecule has 0 aliphatic carbocycles. The van der Waals surface area contributed by atoms with Crippen molar-refractivity contribution in [2.45, 2.75) is 12.8 Å². The van der Waals surface area contributed by atoms with Gasteiger partial charge in [-0.1, -0.05) is 18.2 Å². The summed E-state index contributed by atoms with van der Waals surface area (Å²) in [6, 6.07) is 21.9. The first-order chi connectivity index (χ1) is 14.6. The van der Waals surface area contributed by atoms with Crippen LogP contribution in [0.1, 0.15) is 12.8 Å². The average Bonchev–Trinajstić information content (AvgIpc) is 2.77. The molecular formula is C24H24ClN3O3. The number of carbonyl (C=O) groups is 1. The van der Waals surface area contributed by atoms with Gasteiger partial charge in [0.2, 0.25) is 0 Å². The third kappa shape index (κ3) is 5.16. The number of hydrogen-bond donors (Lipinski definition) is 3. The maximum Gasteiger partial charge on any atom is 0.303 e. The van der Waals surface area contributed by atoms with Crippen molar-refractivity contribution in [2.24, 2.45) is 0 Å². The zero-order chi connectivity index (χ0) is 20.9. The van der Waals surface area contributed by atoms with Crippen LogP contribution in [0.4, 0.5) is 17.1 Å². The average molecular weight is 438 g/mol. The Morgan fingerprint density at radius 1 is 0.968 bits per heavy atom. The standard InChI is InChI=1S/C24H23N3O3.ClH/c1-25-17-10-13-20-22(15-17)27-21-6-3-2-5-19(21)24(20)26-16-8-11-18(12-9-16)30-14-4-7-23(28)29;/h2-3,5-6,8-13,15,25H,4,7,14H2,1H3,(H,26,27)(H,28,29);1H. The smallest absolute Gasteiger partial charge is 0.303 e. The lowest BCUT2D eigenvalue weighted by molar-refractivity contribution is -0.137. The lowest BCUT2D eigenvalue weighted by Gasteiger charge is -2.14. The fourth-order valence-corrected chi connectivity index (χ4v) is 3.38. The molecule has 0 unspecified atom stereocenters. The van der Waals surface area contributed by atoms with Gasteiger partial charge in [0.1, 0.15) is 5.75 Å². The van der Waals surface area contributed by atoms with E-state index in [1.807, 2.05) is 61.6 Å². The van der Waals surface area contributed by atoms with Crippen molar-refractivity contribution in [3.8, 4) is 5.75 Å². The van der Waals surface area contributed by atoms with Crippen LogP contribution in [0.5, 0.6) is 5.75 Å². The van der Waals surface area contributed by atoms with Crippen molar-refractivity contribution in [3.05, 3.63) is 66.7 Å². The summed E-state index contributed by atoms with van der Waals surface area (Å²) in [4.78, 5) is 15.4. The maximum absolute atomic E-state index is 10.6. The highest BCUT2D eigenvalue weighted by molar-refractivity contribution is 6.09. The van der Waals surface area contributed by atoms with Crippen molar-refractivity contribution in [3.63, 3.8) is 0 Å². The van der Waals surface area contributed by atoms with Crippen molar-refractivity contribution in [1.29, 1.82) is 0 Å². The molecule has 4 aromatic rings. The predicted molar refractivity (Wildman–Crippen MR) is 128 cm³/mol. The van der Waals surface area contributed by atoms with E-state index in [4.69, 9.17) is 14.8 Å². The number of aromatic nitrogens is 1. The van der Waals surface area contributed by atoms with E-state index in [0.717, 1.165) is 38.9 Å². The lowest BCUT2D eigenvalue weighted by atomic mass is 10.1. The van der Waals surface area contributed by atoms with Crippen LogP contribution in [-0.4, -0.2) is 29.7 Å². The van der Waals surface area contributed by atoms with Gasteiger partial charge in [0.25, 0.3) is 0 Å². The number of nitrogens with zero attached hydrogens (tertiary/aromatic N) is 1. The number of fused-ring (bicyclic) bond motifs is 2. The van der Waals surface area contributed by atoms with Crippen LogP contribution in [0, 0.1) is 0 Å². The SMILES string of the molecule is CNc1ccc2c(Nc3ccc(OCCCC(=O)O)cc3)c3ccccc3nc2c1.Cl.